The molecular formula is C8H12BN. The van der Waals surface area contributed by atoms with Crippen molar-refractivity contribution in [3.05, 3.63) is 24.0 Å². The summed E-state index contributed by atoms with van der Waals surface area (Å²) in [5, 5.41) is 0. The van der Waals surface area contributed by atoms with Crippen molar-refractivity contribution >= 4 is 12.2 Å². The number of nitrogens with zero attached hydrogens (tertiary/aromatic N) is 1. The number of hydrogen-bond acceptors (Lipinski definition) is 1. The van der Waals surface area contributed by atoms with Crippen LogP contribution in [0.2, 0.25) is 13.6 Å². The second-order valence-electron chi connectivity index (χ2n) is 2.89. The first-order valence-electron chi connectivity index (χ1n) is 3.62. The largest absolute Gasteiger partial charge is 0.262 e. The second kappa shape index (κ2) is 2.87. The molecule has 0 aromatic carbocycles. The normalized spacial score (nSPS) is 9.50. The van der Waals surface area contributed by atoms with Gasteiger partial charge in [-0.1, -0.05) is 25.2 Å². The number of aryl methyl sites for hydroxylation is 1. The van der Waals surface area contributed by atoms with Crippen molar-refractivity contribution in [2.45, 2.75) is 20.6 Å². The minimum Gasteiger partial charge on any atom is -0.262 e. The van der Waals surface area contributed by atoms with Crippen molar-refractivity contribution in [3.63, 3.8) is 0 Å². The summed E-state index contributed by atoms with van der Waals surface area (Å²) in [4.78, 5) is 4.20. The Hall–Kier alpha value is -0.785. The molecule has 0 bridgehead atoms. The van der Waals surface area contributed by atoms with E-state index >= 15 is 0 Å². The van der Waals surface area contributed by atoms with E-state index < -0.39 is 0 Å². The van der Waals surface area contributed by atoms with Gasteiger partial charge in [0, 0.05) is 11.9 Å². The molecule has 2 heteroatoms. The van der Waals surface area contributed by atoms with E-state index in [1.807, 2.05) is 13.1 Å². The Morgan fingerprint density at radius 2 is 2.00 bits per heavy atom. The first-order chi connectivity index (χ1) is 4.70. The maximum Gasteiger partial charge on any atom is 0.171 e. The Morgan fingerprint density at radius 1 is 1.30 bits per heavy atom. The SMILES string of the molecule is CB(C)c1ccc(C)nc1. The highest BCUT2D eigenvalue weighted by Crippen LogP contribution is 1.89. The molecule has 1 rings (SSSR count). The van der Waals surface area contributed by atoms with Crippen LogP contribution in [0, 0.1) is 6.92 Å². The monoisotopic (exact) mass is 133 g/mol. The smallest absolute Gasteiger partial charge is 0.171 e. The Kier molecular flexibility index (Phi) is 2.10. The van der Waals surface area contributed by atoms with E-state index in [1.54, 1.807) is 0 Å². The van der Waals surface area contributed by atoms with Crippen molar-refractivity contribution in [2.24, 2.45) is 0 Å². The fourth-order valence-electron chi connectivity index (χ4n) is 0.821. The number of hydrogen-bond donors (Lipinski definition) is 0. The van der Waals surface area contributed by atoms with Crippen LogP contribution < -0.4 is 5.46 Å². The molecule has 0 aliphatic carbocycles. The van der Waals surface area contributed by atoms with Crippen LogP contribution in [0.3, 0.4) is 0 Å². The molecule has 0 unspecified atom stereocenters. The number of aromatic nitrogens is 1. The van der Waals surface area contributed by atoms with E-state index in [9.17, 15) is 0 Å². The summed E-state index contributed by atoms with van der Waals surface area (Å²) in [6.45, 7) is 6.94. The summed E-state index contributed by atoms with van der Waals surface area (Å²) in [7, 11) is 0. The predicted octanol–water partition coefficient (Wildman–Crippen LogP) is 1.35. The van der Waals surface area contributed by atoms with Crippen molar-refractivity contribution in [1.82, 2.24) is 4.98 Å². The van der Waals surface area contributed by atoms with Gasteiger partial charge in [0.15, 0.2) is 6.71 Å². The van der Waals surface area contributed by atoms with Gasteiger partial charge in [0.05, 0.1) is 0 Å². The van der Waals surface area contributed by atoms with Gasteiger partial charge in [0.1, 0.15) is 0 Å². The molecule has 1 aromatic heterocycles. The van der Waals surface area contributed by atoms with E-state index in [1.165, 1.54) is 5.46 Å². The van der Waals surface area contributed by atoms with Crippen molar-refractivity contribution in [2.75, 3.05) is 0 Å². The lowest BCUT2D eigenvalue weighted by Gasteiger charge is -1.99. The van der Waals surface area contributed by atoms with E-state index in [4.69, 9.17) is 0 Å². The van der Waals surface area contributed by atoms with Gasteiger partial charge in [-0.05, 0) is 13.0 Å². The molecule has 52 valence electrons. The molecule has 0 radical (unpaired) electrons. The van der Waals surface area contributed by atoms with Gasteiger partial charge in [0.2, 0.25) is 0 Å². The lowest BCUT2D eigenvalue weighted by Crippen LogP contribution is -2.22. The Balaban J connectivity index is 2.89. The van der Waals surface area contributed by atoms with Crippen molar-refractivity contribution < 1.29 is 0 Å². The van der Waals surface area contributed by atoms with Gasteiger partial charge >= 0.3 is 0 Å². The third-order valence-corrected chi connectivity index (χ3v) is 1.60. The highest BCUT2D eigenvalue weighted by Gasteiger charge is 2.00. The standard InChI is InChI=1S/C8H12BN/c1-7-4-5-8(6-10-7)9(2)3/h4-6H,1-3H3. The van der Waals surface area contributed by atoms with Gasteiger partial charge < -0.3 is 0 Å². The molecule has 0 saturated carbocycles. The summed E-state index contributed by atoms with van der Waals surface area (Å²) < 4.78 is 0. The third kappa shape index (κ3) is 1.60. The van der Waals surface area contributed by atoms with Gasteiger partial charge in [0.25, 0.3) is 0 Å². The fraction of sp³-hybridized carbons (Fsp3) is 0.375. The van der Waals surface area contributed by atoms with Gasteiger partial charge in [-0.15, -0.1) is 0 Å². The topological polar surface area (TPSA) is 12.9 Å². The zero-order valence-electron chi connectivity index (χ0n) is 6.76. The molecule has 0 N–H and O–H groups in total. The molecule has 10 heavy (non-hydrogen) atoms. The molecular weight excluding hydrogens is 121 g/mol. The molecule has 1 nitrogen and oxygen atoms in total. The average Bonchev–Trinajstić information content (AvgIpc) is 1.88. The third-order valence-electron chi connectivity index (χ3n) is 1.60. The molecule has 1 aromatic rings. The van der Waals surface area contributed by atoms with Gasteiger partial charge in [-0.25, -0.2) is 0 Å². The Morgan fingerprint density at radius 3 is 2.40 bits per heavy atom. The summed E-state index contributed by atoms with van der Waals surface area (Å²) in [5.74, 6) is 0. The minimum absolute atomic E-state index is 0.591. The zero-order valence-corrected chi connectivity index (χ0v) is 6.76. The van der Waals surface area contributed by atoms with Crippen molar-refractivity contribution in [1.29, 1.82) is 0 Å². The molecule has 0 fully saturated rings. The summed E-state index contributed by atoms with van der Waals surface area (Å²) in [5.41, 5.74) is 2.40. The molecule has 0 spiro atoms. The van der Waals surface area contributed by atoms with Crippen LogP contribution in [0.4, 0.5) is 0 Å². The average molecular weight is 133 g/mol. The lowest BCUT2D eigenvalue weighted by atomic mass is 9.50. The highest BCUT2D eigenvalue weighted by atomic mass is 14.6. The van der Waals surface area contributed by atoms with Gasteiger partial charge in [-0.2, -0.15) is 0 Å². The number of pyridine rings is 1. The second-order valence-corrected chi connectivity index (χ2v) is 2.89. The van der Waals surface area contributed by atoms with Crippen LogP contribution in [-0.4, -0.2) is 11.7 Å². The van der Waals surface area contributed by atoms with E-state index in [-0.39, 0.29) is 0 Å². The molecule has 1 heterocycles. The minimum atomic E-state index is 0.591. The van der Waals surface area contributed by atoms with Crippen LogP contribution in [0.25, 0.3) is 0 Å². The Labute approximate surface area is 62.6 Å². The zero-order chi connectivity index (χ0) is 7.56. The van der Waals surface area contributed by atoms with Crippen molar-refractivity contribution in [3.8, 4) is 0 Å². The van der Waals surface area contributed by atoms with E-state index in [0.29, 0.717) is 6.71 Å². The molecule has 0 aliphatic heterocycles. The molecule has 0 aliphatic rings. The molecule has 0 atom stereocenters. The summed E-state index contributed by atoms with van der Waals surface area (Å²) in [6, 6.07) is 4.18. The first-order valence-corrected chi connectivity index (χ1v) is 3.62. The van der Waals surface area contributed by atoms with Crippen LogP contribution in [0.15, 0.2) is 18.3 Å². The van der Waals surface area contributed by atoms with Crippen LogP contribution in [-0.2, 0) is 0 Å². The van der Waals surface area contributed by atoms with E-state index in [0.717, 1.165) is 5.69 Å². The highest BCUT2D eigenvalue weighted by molar-refractivity contribution is 6.70. The van der Waals surface area contributed by atoms with E-state index in [2.05, 4.69) is 30.8 Å². The first kappa shape index (κ1) is 7.32. The van der Waals surface area contributed by atoms with Crippen LogP contribution >= 0.6 is 0 Å². The maximum atomic E-state index is 4.20. The maximum absolute atomic E-state index is 4.20. The Bertz CT molecular complexity index is 203. The molecule has 0 saturated heterocycles. The quantitative estimate of drug-likeness (QED) is 0.527. The fourth-order valence-corrected chi connectivity index (χ4v) is 0.821. The predicted molar refractivity (Wildman–Crippen MR) is 46.1 cm³/mol. The summed E-state index contributed by atoms with van der Waals surface area (Å²) in [6.07, 6.45) is 1.94. The number of rotatable bonds is 1. The van der Waals surface area contributed by atoms with Crippen LogP contribution in [0.5, 0.6) is 0 Å². The summed E-state index contributed by atoms with van der Waals surface area (Å²) >= 11 is 0. The lowest BCUT2D eigenvalue weighted by molar-refractivity contribution is 1.21. The van der Waals surface area contributed by atoms with Gasteiger partial charge in [-0.3, -0.25) is 4.98 Å². The molecule has 0 amide bonds. The van der Waals surface area contributed by atoms with Crippen LogP contribution in [0.1, 0.15) is 5.69 Å².